The van der Waals surface area contributed by atoms with Gasteiger partial charge in [0.1, 0.15) is 5.82 Å². The summed E-state index contributed by atoms with van der Waals surface area (Å²) in [7, 11) is -0.769. The molecule has 8 nitrogen and oxygen atoms in total. The van der Waals surface area contributed by atoms with Crippen molar-refractivity contribution in [1.29, 1.82) is 0 Å². The number of ether oxygens (including phenoxy) is 1. The minimum atomic E-state index is -2.37. The standard InChI is InChI=1S/C23H28N6O2S/c1-24-32(2,30)17-5-3-16(4-6-17)19-15-21(29-11-13-31-14-12-29)27-22-18(19)7-9-25-23(22)20-8-10-26-28-20/h3-7,9,15,20,26,28H,8,10-14H2,1-2H3. The number of rotatable bonds is 4. The van der Waals surface area contributed by atoms with E-state index in [-0.39, 0.29) is 6.04 Å². The highest BCUT2D eigenvalue weighted by atomic mass is 32.2. The molecule has 0 aliphatic carbocycles. The van der Waals surface area contributed by atoms with Crippen LogP contribution >= 0.6 is 0 Å². The van der Waals surface area contributed by atoms with Crippen molar-refractivity contribution in [1.82, 2.24) is 20.8 Å². The maximum absolute atomic E-state index is 12.7. The van der Waals surface area contributed by atoms with Crippen molar-refractivity contribution in [3.05, 3.63) is 48.3 Å². The van der Waals surface area contributed by atoms with E-state index in [4.69, 9.17) is 14.7 Å². The number of hydrogen-bond acceptors (Lipinski definition) is 8. The first kappa shape index (κ1) is 21.3. The second-order valence-electron chi connectivity index (χ2n) is 8.14. The minimum Gasteiger partial charge on any atom is -0.378 e. The van der Waals surface area contributed by atoms with Gasteiger partial charge in [-0.15, -0.1) is 0 Å². The number of nitrogens with zero attached hydrogens (tertiary/aromatic N) is 4. The molecule has 0 radical (unpaired) electrons. The summed E-state index contributed by atoms with van der Waals surface area (Å²) in [4.78, 5) is 12.8. The number of anilines is 1. The molecule has 0 amide bonds. The summed E-state index contributed by atoms with van der Waals surface area (Å²) in [6, 6.07) is 12.2. The fraction of sp³-hybridized carbons (Fsp3) is 0.391. The van der Waals surface area contributed by atoms with Gasteiger partial charge in [0.25, 0.3) is 0 Å². The van der Waals surface area contributed by atoms with Crippen molar-refractivity contribution in [2.75, 3.05) is 51.1 Å². The molecule has 2 aliphatic heterocycles. The average molecular weight is 453 g/mol. The Bertz CT molecular complexity index is 1240. The molecule has 2 aliphatic rings. The Balaban J connectivity index is 1.68. The SMILES string of the molecule is CN=S(C)(=O)c1ccc(-c2cc(N3CCOCC3)nc3c(C4CCNN4)nccc23)cc1. The Morgan fingerprint density at radius 1 is 1.19 bits per heavy atom. The van der Waals surface area contributed by atoms with E-state index in [0.717, 1.165) is 64.5 Å². The van der Waals surface area contributed by atoms with Crippen molar-refractivity contribution in [2.24, 2.45) is 4.36 Å². The van der Waals surface area contributed by atoms with E-state index < -0.39 is 9.73 Å². The van der Waals surface area contributed by atoms with Gasteiger partial charge < -0.3 is 9.64 Å². The van der Waals surface area contributed by atoms with Gasteiger partial charge in [0.05, 0.1) is 40.2 Å². The third-order valence-corrected chi connectivity index (χ3v) is 8.04. The fourth-order valence-electron chi connectivity index (χ4n) is 4.29. The van der Waals surface area contributed by atoms with E-state index in [1.807, 2.05) is 36.5 Å². The third-order valence-electron chi connectivity index (χ3n) is 6.19. The summed E-state index contributed by atoms with van der Waals surface area (Å²) in [6.45, 7) is 3.92. The number of pyridine rings is 2. The molecule has 2 N–H and O–H groups in total. The van der Waals surface area contributed by atoms with Crippen LogP contribution in [0.4, 0.5) is 5.82 Å². The zero-order chi connectivity index (χ0) is 22.1. The predicted molar refractivity (Wildman–Crippen MR) is 127 cm³/mol. The van der Waals surface area contributed by atoms with Gasteiger partial charge in [0, 0.05) is 49.4 Å². The van der Waals surface area contributed by atoms with Gasteiger partial charge in [0.15, 0.2) is 0 Å². The molecule has 2 unspecified atom stereocenters. The van der Waals surface area contributed by atoms with E-state index in [1.165, 1.54) is 0 Å². The van der Waals surface area contributed by atoms with Crippen LogP contribution in [0, 0.1) is 0 Å². The van der Waals surface area contributed by atoms with Crippen LogP contribution in [-0.4, -0.2) is 60.3 Å². The van der Waals surface area contributed by atoms with Gasteiger partial charge in [-0.25, -0.2) is 19.0 Å². The maximum atomic E-state index is 12.7. The highest BCUT2D eigenvalue weighted by molar-refractivity contribution is 7.93. The number of nitrogens with one attached hydrogen (secondary N) is 2. The molecule has 2 atom stereocenters. The summed E-state index contributed by atoms with van der Waals surface area (Å²) in [5.41, 5.74) is 10.6. The van der Waals surface area contributed by atoms with Crippen molar-refractivity contribution < 1.29 is 8.95 Å². The van der Waals surface area contributed by atoms with E-state index in [2.05, 4.69) is 26.2 Å². The smallest absolute Gasteiger partial charge is 0.130 e. The molecule has 2 saturated heterocycles. The van der Waals surface area contributed by atoms with Crippen LogP contribution in [0.5, 0.6) is 0 Å². The molecule has 5 rings (SSSR count). The Kier molecular flexibility index (Phi) is 5.81. The number of aromatic nitrogens is 2. The fourth-order valence-corrected chi connectivity index (χ4v) is 5.14. The molecular formula is C23H28N6O2S. The van der Waals surface area contributed by atoms with Crippen molar-refractivity contribution in [2.45, 2.75) is 17.4 Å². The lowest BCUT2D eigenvalue weighted by Crippen LogP contribution is -2.36. The summed E-state index contributed by atoms with van der Waals surface area (Å²) < 4.78 is 22.3. The van der Waals surface area contributed by atoms with Gasteiger partial charge >= 0.3 is 0 Å². The molecule has 4 heterocycles. The Morgan fingerprint density at radius 2 is 1.97 bits per heavy atom. The summed E-state index contributed by atoms with van der Waals surface area (Å²) in [5, 5.41) is 1.06. The second kappa shape index (κ2) is 8.74. The molecule has 32 heavy (non-hydrogen) atoms. The lowest BCUT2D eigenvalue weighted by molar-refractivity contribution is 0.122. The van der Waals surface area contributed by atoms with E-state index in [1.54, 1.807) is 13.3 Å². The van der Waals surface area contributed by atoms with Crippen LogP contribution in [0.2, 0.25) is 0 Å². The van der Waals surface area contributed by atoms with Gasteiger partial charge in [-0.3, -0.25) is 10.4 Å². The Labute approximate surface area is 188 Å². The summed E-state index contributed by atoms with van der Waals surface area (Å²) >= 11 is 0. The summed E-state index contributed by atoms with van der Waals surface area (Å²) in [6.07, 6.45) is 4.49. The van der Waals surface area contributed by atoms with Crippen molar-refractivity contribution in [3.8, 4) is 11.1 Å². The molecule has 3 aromatic rings. The minimum absolute atomic E-state index is 0.123. The largest absolute Gasteiger partial charge is 0.378 e. The highest BCUT2D eigenvalue weighted by Crippen LogP contribution is 2.35. The normalized spacial score (nSPS) is 20.9. The Hall–Kier alpha value is -2.59. The van der Waals surface area contributed by atoms with Gasteiger partial charge in [-0.2, -0.15) is 0 Å². The quantitative estimate of drug-likeness (QED) is 0.629. The molecule has 2 fully saturated rings. The molecule has 168 valence electrons. The average Bonchev–Trinajstić information content (AvgIpc) is 3.38. The zero-order valence-electron chi connectivity index (χ0n) is 18.4. The third kappa shape index (κ3) is 3.97. The Morgan fingerprint density at radius 3 is 2.66 bits per heavy atom. The van der Waals surface area contributed by atoms with Crippen molar-refractivity contribution in [3.63, 3.8) is 0 Å². The number of fused-ring (bicyclic) bond motifs is 1. The van der Waals surface area contributed by atoms with Crippen LogP contribution < -0.4 is 15.8 Å². The number of morpholine rings is 1. The summed E-state index contributed by atoms with van der Waals surface area (Å²) in [5.74, 6) is 0.933. The van der Waals surface area contributed by atoms with E-state index in [9.17, 15) is 4.21 Å². The zero-order valence-corrected chi connectivity index (χ0v) is 19.2. The monoisotopic (exact) mass is 452 g/mol. The van der Waals surface area contributed by atoms with Crippen LogP contribution in [0.3, 0.4) is 0 Å². The first-order valence-electron chi connectivity index (χ1n) is 10.9. The second-order valence-corrected chi connectivity index (χ2v) is 10.6. The first-order chi connectivity index (χ1) is 15.6. The number of hydrogen-bond donors (Lipinski definition) is 2. The predicted octanol–water partition coefficient (Wildman–Crippen LogP) is 2.76. The van der Waals surface area contributed by atoms with Crippen LogP contribution in [0.25, 0.3) is 22.0 Å². The number of benzene rings is 1. The van der Waals surface area contributed by atoms with E-state index in [0.29, 0.717) is 13.2 Å². The molecule has 2 aromatic heterocycles. The topological polar surface area (TPSA) is 91.7 Å². The first-order valence-corrected chi connectivity index (χ1v) is 12.8. The van der Waals surface area contributed by atoms with Crippen LogP contribution in [0.15, 0.2) is 51.9 Å². The van der Waals surface area contributed by atoms with E-state index >= 15 is 0 Å². The molecule has 0 spiro atoms. The molecule has 1 aromatic carbocycles. The molecule has 0 bridgehead atoms. The molecule has 0 saturated carbocycles. The number of hydrazine groups is 1. The molecular weight excluding hydrogens is 424 g/mol. The van der Waals surface area contributed by atoms with Gasteiger partial charge in [-0.1, -0.05) is 12.1 Å². The molecule has 9 heteroatoms. The lowest BCUT2D eigenvalue weighted by Gasteiger charge is -2.29. The van der Waals surface area contributed by atoms with Gasteiger partial charge in [-0.05, 0) is 41.8 Å². The van der Waals surface area contributed by atoms with Crippen LogP contribution in [0.1, 0.15) is 18.2 Å². The van der Waals surface area contributed by atoms with Crippen molar-refractivity contribution >= 4 is 26.4 Å². The van der Waals surface area contributed by atoms with Gasteiger partial charge in [0.2, 0.25) is 0 Å². The highest BCUT2D eigenvalue weighted by Gasteiger charge is 2.23. The maximum Gasteiger partial charge on any atom is 0.130 e. The lowest BCUT2D eigenvalue weighted by atomic mass is 9.99. The van der Waals surface area contributed by atoms with Crippen LogP contribution in [-0.2, 0) is 14.5 Å².